The summed E-state index contributed by atoms with van der Waals surface area (Å²) in [6, 6.07) is 5.54. The smallest absolute Gasteiger partial charge is 0.268 e. The number of imidazole rings is 1. The molecule has 2 amide bonds. The summed E-state index contributed by atoms with van der Waals surface area (Å²) in [4.78, 5) is 31.9. The Bertz CT molecular complexity index is 1000. The maximum atomic E-state index is 13.0. The number of carbonyl (C=O) groups is 2. The Morgan fingerprint density at radius 3 is 2.77 bits per heavy atom. The minimum Gasteiger partial charge on any atom is -0.350 e. The quantitative estimate of drug-likeness (QED) is 0.744. The van der Waals surface area contributed by atoms with E-state index in [1.165, 1.54) is 19.3 Å². The second-order valence-electron chi connectivity index (χ2n) is 10.4. The maximum Gasteiger partial charge on any atom is 0.268 e. The molecule has 3 atom stereocenters. The second-order valence-corrected chi connectivity index (χ2v) is 10.4. The summed E-state index contributed by atoms with van der Waals surface area (Å²) in [5.41, 5.74) is 8.02. The number of nitrogens with zero attached hydrogens (tertiary/aromatic N) is 3. The minimum atomic E-state index is -0.0753. The van der Waals surface area contributed by atoms with Crippen LogP contribution >= 0.6 is 0 Å². The molecular formula is C24H33N5O2. The molecule has 7 heteroatoms. The van der Waals surface area contributed by atoms with Crippen molar-refractivity contribution >= 4 is 17.5 Å². The van der Waals surface area contributed by atoms with Gasteiger partial charge in [0.1, 0.15) is 11.3 Å². The van der Waals surface area contributed by atoms with Gasteiger partial charge in [0.25, 0.3) is 5.91 Å². The van der Waals surface area contributed by atoms with Gasteiger partial charge >= 0.3 is 0 Å². The molecule has 3 saturated carbocycles. The Kier molecular flexibility index (Phi) is 5.04. The molecule has 0 unspecified atom stereocenters. The van der Waals surface area contributed by atoms with Gasteiger partial charge in [0.05, 0.1) is 12.1 Å². The van der Waals surface area contributed by atoms with Gasteiger partial charge in [-0.1, -0.05) is 19.9 Å². The lowest BCUT2D eigenvalue weighted by atomic mass is 9.45. The van der Waals surface area contributed by atoms with Gasteiger partial charge in [-0.15, -0.1) is 0 Å². The normalized spacial score (nSPS) is 26.9. The third-order valence-electron chi connectivity index (χ3n) is 8.28. The van der Waals surface area contributed by atoms with Crippen LogP contribution in [0.4, 0.5) is 0 Å². The SMILES string of the molecule is CC1(C)[C@@H]2CC[C@@H](CNC(=O)c3cccc4nc(CC(=O)N5CC(CN)C5)cn34)[C@@H]1C2. The van der Waals surface area contributed by atoms with E-state index in [2.05, 4.69) is 24.1 Å². The van der Waals surface area contributed by atoms with Gasteiger partial charge in [0.15, 0.2) is 0 Å². The van der Waals surface area contributed by atoms with Gasteiger partial charge < -0.3 is 16.0 Å². The standard InChI is InChI=1S/C24H33N5O2/c1-24(2)17-7-6-16(19(24)8-17)11-26-23(31)20-4-3-5-21-27-18(14-29(20)21)9-22(30)28-12-15(10-25)13-28/h3-5,14-17,19H,6-13,25H2,1-2H3,(H,26,31)/t16-,17+,19-/m0/s1. The summed E-state index contributed by atoms with van der Waals surface area (Å²) in [6.07, 6.45) is 5.87. The van der Waals surface area contributed by atoms with Crippen LogP contribution in [0.25, 0.3) is 5.65 Å². The van der Waals surface area contributed by atoms with Crippen LogP contribution in [0.15, 0.2) is 24.4 Å². The van der Waals surface area contributed by atoms with Crippen LogP contribution < -0.4 is 11.1 Å². The van der Waals surface area contributed by atoms with Gasteiger partial charge in [-0.2, -0.15) is 0 Å². The number of fused-ring (bicyclic) bond motifs is 3. The number of likely N-dealkylation sites (tertiary alicyclic amines) is 1. The van der Waals surface area contributed by atoms with Crippen LogP contribution in [0.1, 0.15) is 49.3 Å². The average Bonchev–Trinajstić information content (AvgIpc) is 3.13. The van der Waals surface area contributed by atoms with E-state index in [0.717, 1.165) is 25.6 Å². The highest BCUT2D eigenvalue weighted by Gasteiger charge is 2.53. The number of carbonyl (C=O) groups excluding carboxylic acids is 2. The summed E-state index contributed by atoms with van der Waals surface area (Å²) < 4.78 is 1.81. The molecule has 3 N–H and O–H groups in total. The van der Waals surface area contributed by atoms with Crippen molar-refractivity contribution in [1.82, 2.24) is 19.6 Å². The molecule has 7 nitrogen and oxygen atoms in total. The van der Waals surface area contributed by atoms with E-state index >= 15 is 0 Å². The molecule has 166 valence electrons. The number of nitrogens with one attached hydrogen (secondary N) is 1. The zero-order chi connectivity index (χ0) is 21.8. The van der Waals surface area contributed by atoms with Crippen LogP contribution in [-0.4, -0.2) is 52.3 Å². The van der Waals surface area contributed by atoms with Crippen molar-refractivity contribution in [3.63, 3.8) is 0 Å². The molecule has 0 spiro atoms. The number of amides is 2. The number of nitrogens with two attached hydrogens (primary N) is 1. The molecule has 2 aromatic heterocycles. The largest absolute Gasteiger partial charge is 0.350 e. The van der Waals surface area contributed by atoms with Crippen LogP contribution in [-0.2, 0) is 11.2 Å². The predicted octanol–water partition coefficient (Wildman–Crippen LogP) is 2.10. The molecule has 1 aliphatic heterocycles. The summed E-state index contributed by atoms with van der Waals surface area (Å²) in [5, 5.41) is 3.18. The molecule has 0 aromatic carbocycles. The van der Waals surface area contributed by atoms with Crippen molar-refractivity contribution in [1.29, 1.82) is 0 Å². The van der Waals surface area contributed by atoms with Crippen molar-refractivity contribution in [3.8, 4) is 0 Å². The first-order chi connectivity index (χ1) is 14.9. The highest BCUT2D eigenvalue weighted by molar-refractivity contribution is 5.93. The van der Waals surface area contributed by atoms with Crippen LogP contribution in [0.5, 0.6) is 0 Å². The van der Waals surface area contributed by atoms with Crippen molar-refractivity contribution in [2.24, 2.45) is 34.8 Å². The highest BCUT2D eigenvalue weighted by atomic mass is 16.2. The molecule has 4 fully saturated rings. The molecule has 4 aliphatic rings. The Morgan fingerprint density at radius 1 is 1.26 bits per heavy atom. The Balaban J connectivity index is 1.24. The molecule has 0 radical (unpaired) electrons. The molecule has 2 aromatic rings. The lowest BCUT2D eigenvalue weighted by molar-refractivity contribution is -0.136. The predicted molar refractivity (Wildman–Crippen MR) is 118 cm³/mol. The van der Waals surface area contributed by atoms with Crippen molar-refractivity contribution in [2.45, 2.75) is 39.5 Å². The van der Waals surface area contributed by atoms with Gasteiger partial charge in [0, 0.05) is 31.7 Å². The van der Waals surface area contributed by atoms with Gasteiger partial charge in [-0.25, -0.2) is 4.98 Å². The summed E-state index contributed by atoms with van der Waals surface area (Å²) in [5.74, 6) is 2.55. The zero-order valence-corrected chi connectivity index (χ0v) is 18.5. The van der Waals surface area contributed by atoms with Crippen molar-refractivity contribution in [3.05, 3.63) is 35.8 Å². The first-order valence-electron chi connectivity index (χ1n) is 11.6. The number of aromatic nitrogens is 2. The number of hydrogen-bond donors (Lipinski definition) is 2. The molecule has 31 heavy (non-hydrogen) atoms. The molecule has 2 bridgehead atoms. The van der Waals surface area contributed by atoms with Crippen LogP contribution in [0.2, 0.25) is 0 Å². The second kappa shape index (κ2) is 7.62. The number of pyridine rings is 1. The number of hydrogen-bond acceptors (Lipinski definition) is 4. The third kappa shape index (κ3) is 3.53. The Hall–Kier alpha value is -2.41. The van der Waals surface area contributed by atoms with Gasteiger partial charge in [-0.3, -0.25) is 14.0 Å². The van der Waals surface area contributed by atoms with E-state index in [0.29, 0.717) is 46.7 Å². The van der Waals surface area contributed by atoms with E-state index in [1.807, 2.05) is 29.3 Å². The molecule has 6 rings (SSSR count). The van der Waals surface area contributed by atoms with Crippen molar-refractivity contribution in [2.75, 3.05) is 26.2 Å². The van der Waals surface area contributed by atoms with E-state index in [-0.39, 0.29) is 18.2 Å². The Labute approximate surface area is 183 Å². The molecular weight excluding hydrogens is 390 g/mol. The lowest BCUT2D eigenvalue weighted by Gasteiger charge is -2.60. The first kappa shape index (κ1) is 20.5. The summed E-state index contributed by atoms with van der Waals surface area (Å²) in [6.45, 7) is 7.58. The minimum absolute atomic E-state index is 0.0674. The third-order valence-corrected chi connectivity index (χ3v) is 8.28. The zero-order valence-electron chi connectivity index (χ0n) is 18.5. The van der Waals surface area contributed by atoms with E-state index in [9.17, 15) is 9.59 Å². The first-order valence-corrected chi connectivity index (χ1v) is 11.6. The molecule has 3 aliphatic carbocycles. The van der Waals surface area contributed by atoms with E-state index in [1.54, 1.807) is 4.40 Å². The lowest BCUT2D eigenvalue weighted by Crippen LogP contribution is -2.54. The van der Waals surface area contributed by atoms with Crippen molar-refractivity contribution < 1.29 is 9.59 Å². The van der Waals surface area contributed by atoms with Crippen LogP contribution in [0, 0.1) is 29.1 Å². The fraction of sp³-hybridized carbons (Fsp3) is 0.625. The fourth-order valence-corrected chi connectivity index (χ4v) is 6.04. The fourth-order valence-electron chi connectivity index (χ4n) is 6.04. The van der Waals surface area contributed by atoms with E-state index < -0.39 is 0 Å². The molecule has 1 saturated heterocycles. The average molecular weight is 424 g/mol. The Morgan fingerprint density at radius 2 is 2.06 bits per heavy atom. The van der Waals surface area contributed by atoms with E-state index in [4.69, 9.17) is 5.73 Å². The van der Waals surface area contributed by atoms with Crippen LogP contribution in [0.3, 0.4) is 0 Å². The van der Waals surface area contributed by atoms with Gasteiger partial charge in [-0.05, 0) is 61.1 Å². The highest BCUT2D eigenvalue weighted by Crippen LogP contribution is 2.61. The summed E-state index contributed by atoms with van der Waals surface area (Å²) in [7, 11) is 0. The monoisotopic (exact) mass is 423 g/mol. The summed E-state index contributed by atoms with van der Waals surface area (Å²) >= 11 is 0. The van der Waals surface area contributed by atoms with Gasteiger partial charge in [0.2, 0.25) is 5.91 Å². The topological polar surface area (TPSA) is 92.7 Å². The number of rotatable bonds is 6. The molecule has 3 heterocycles. The maximum absolute atomic E-state index is 13.0.